The molecule has 1 N–H and O–H groups in total. The van der Waals surface area contributed by atoms with E-state index in [1.54, 1.807) is 4.90 Å². The number of hydrogen-bond donors (Lipinski definition) is 1. The Kier molecular flexibility index (Phi) is 6.66. The van der Waals surface area contributed by atoms with Gasteiger partial charge in [0.05, 0.1) is 6.54 Å². The van der Waals surface area contributed by atoms with Crippen LogP contribution in [0.25, 0.3) is 0 Å². The number of halogens is 1. The normalized spacial score (nSPS) is 21.9. The highest BCUT2D eigenvalue weighted by Crippen LogP contribution is 2.25. The average Bonchev–Trinajstić information content (AvgIpc) is 3.08. The molecule has 0 bridgehead atoms. The van der Waals surface area contributed by atoms with E-state index in [9.17, 15) is 14.0 Å². The largest absolute Gasteiger partial charge is 0.382 e. The topological polar surface area (TPSA) is 61.9 Å². The maximum atomic E-state index is 14.0. The summed E-state index contributed by atoms with van der Waals surface area (Å²) in [5.41, 5.74) is 2.37. The SMILES string of the molecule is CCOCCCNC(=O)N1C[C@@H](F)C[C@H]1C(=O)N1CCc2ccccc2C1. The van der Waals surface area contributed by atoms with Crippen molar-refractivity contribution in [3.05, 3.63) is 35.4 Å². The molecule has 3 rings (SSSR count). The van der Waals surface area contributed by atoms with Gasteiger partial charge in [0.2, 0.25) is 5.91 Å². The molecule has 0 aromatic heterocycles. The Morgan fingerprint density at radius 2 is 2.07 bits per heavy atom. The van der Waals surface area contributed by atoms with E-state index < -0.39 is 12.2 Å². The van der Waals surface area contributed by atoms with Crippen molar-refractivity contribution in [2.24, 2.45) is 0 Å². The maximum absolute atomic E-state index is 14.0. The van der Waals surface area contributed by atoms with E-state index in [0.717, 1.165) is 12.0 Å². The van der Waals surface area contributed by atoms with Gasteiger partial charge in [-0.1, -0.05) is 24.3 Å². The van der Waals surface area contributed by atoms with Gasteiger partial charge < -0.3 is 19.9 Å². The lowest BCUT2D eigenvalue weighted by Crippen LogP contribution is -2.51. The van der Waals surface area contributed by atoms with Crippen molar-refractivity contribution < 1.29 is 18.7 Å². The molecular weight excluding hydrogens is 349 g/mol. The fourth-order valence-electron chi connectivity index (χ4n) is 3.75. The predicted molar refractivity (Wildman–Crippen MR) is 100 cm³/mol. The summed E-state index contributed by atoms with van der Waals surface area (Å²) in [6.45, 7) is 4.67. The number of alkyl halides is 1. The van der Waals surface area contributed by atoms with Gasteiger partial charge in [-0.3, -0.25) is 4.79 Å². The number of ether oxygens (including phenoxy) is 1. The van der Waals surface area contributed by atoms with Gasteiger partial charge in [-0.05, 0) is 30.9 Å². The molecule has 2 heterocycles. The lowest BCUT2D eigenvalue weighted by atomic mass is 9.99. The van der Waals surface area contributed by atoms with E-state index in [4.69, 9.17) is 4.74 Å². The summed E-state index contributed by atoms with van der Waals surface area (Å²) in [5.74, 6) is -0.158. The van der Waals surface area contributed by atoms with Gasteiger partial charge in [0.15, 0.2) is 0 Å². The Bertz CT molecular complexity index is 670. The zero-order valence-corrected chi connectivity index (χ0v) is 15.8. The van der Waals surface area contributed by atoms with E-state index in [-0.39, 0.29) is 24.9 Å². The fourth-order valence-corrected chi connectivity index (χ4v) is 3.75. The van der Waals surface area contributed by atoms with Crippen LogP contribution in [0.4, 0.5) is 9.18 Å². The summed E-state index contributed by atoms with van der Waals surface area (Å²) in [6.07, 6.45) is 0.388. The second-order valence-electron chi connectivity index (χ2n) is 7.06. The van der Waals surface area contributed by atoms with Crippen LogP contribution >= 0.6 is 0 Å². The molecule has 148 valence electrons. The zero-order chi connectivity index (χ0) is 19.2. The molecule has 0 aliphatic carbocycles. The van der Waals surface area contributed by atoms with Crippen molar-refractivity contribution in [2.45, 2.75) is 44.9 Å². The quantitative estimate of drug-likeness (QED) is 0.773. The van der Waals surface area contributed by atoms with Gasteiger partial charge in [-0.2, -0.15) is 0 Å². The lowest BCUT2D eigenvalue weighted by molar-refractivity contribution is -0.136. The molecule has 1 aromatic rings. The highest BCUT2D eigenvalue weighted by atomic mass is 19.1. The van der Waals surface area contributed by atoms with Crippen molar-refractivity contribution in [2.75, 3.05) is 32.8 Å². The van der Waals surface area contributed by atoms with Crippen LogP contribution in [-0.4, -0.2) is 66.8 Å². The average molecular weight is 377 g/mol. The number of carbonyl (C=O) groups excluding carboxylic acids is 2. The molecular formula is C20H28FN3O3. The molecule has 3 amide bonds. The van der Waals surface area contributed by atoms with E-state index in [1.165, 1.54) is 10.5 Å². The van der Waals surface area contributed by atoms with Crippen LogP contribution in [0.1, 0.15) is 30.9 Å². The van der Waals surface area contributed by atoms with Gasteiger partial charge in [-0.25, -0.2) is 9.18 Å². The minimum atomic E-state index is -1.16. The number of nitrogens with zero attached hydrogens (tertiary/aromatic N) is 2. The first-order chi connectivity index (χ1) is 13.1. The predicted octanol–water partition coefficient (Wildman–Crippen LogP) is 2.12. The van der Waals surface area contributed by atoms with Gasteiger partial charge in [-0.15, -0.1) is 0 Å². The number of likely N-dealkylation sites (tertiary alicyclic amines) is 1. The van der Waals surface area contributed by atoms with Gasteiger partial charge in [0, 0.05) is 39.3 Å². The molecule has 1 fully saturated rings. The molecule has 6 nitrogen and oxygen atoms in total. The molecule has 1 aromatic carbocycles. The summed E-state index contributed by atoms with van der Waals surface area (Å²) in [5, 5.41) is 2.78. The molecule has 0 radical (unpaired) electrons. The number of carbonyl (C=O) groups is 2. The third kappa shape index (κ3) is 4.77. The number of benzene rings is 1. The Balaban J connectivity index is 1.58. The van der Waals surface area contributed by atoms with Crippen LogP contribution in [0.15, 0.2) is 24.3 Å². The maximum Gasteiger partial charge on any atom is 0.318 e. The number of rotatable bonds is 6. The van der Waals surface area contributed by atoms with Crippen LogP contribution in [0, 0.1) is 0 Å². The number of urea groups is 1. The molecule has 2 atom stereocenters. The van der Waals surface area contributed by atoms with Crippen LogP contribution in [-0.2, 0) is 22.5 Å². The second-order valence-corrected chi connectivity index (χ2v) is 7.06. The first kappa shape index (κ1) is 19.6. The van der Waals surface area contributed by atoms with Crippen molar-refractivity contribution in [3.63, 3.8) is 0 Å². The summed E-state index contributed by atoms with van der Waals surface area (Å²) < 4.78 is 19.3. The zero-order valence-electron chi connectivity index (χ0n) is 15.8. The molecule has 0 unspecified atom stereocenters. The van der Waals surface area contributed by atoms with E-state index in [2.05, 4.69) is 11.4 Å². The third-order valence-corrected chi connectivity index (χ3v) is 5.18. The van der Waals surface area contributed by atoms with E-state index in [1.807, 2.05) is 25.1 Å². The van der Waals surface area contributed by atoms with Gasteiger partial charge in [0.25, 0.3) is 0 Å². The Morgan fingerprint density at radius 1 is 1.30 bits per heavy atom. The van der Waals surface area contributed by atoms with Crippen molar-refractivity contribution in [1.82, 2.24) is 15.1 Å². The summed E-state index contributed by atoms with van der Waals surface area (Å²) >= 11 is 0. The number of fused-ring (bicyclic) bond motifs is 1. The molecule has 27 heavy (non-hydrogen) atoms. The fraction of sp³-hybridized carbons (Fsp3) is 0.600. The van der Waals surface area contributed by atoms with Gasteiger partial charge >= 0.3 is 6.03 Å². The molecule has 2 aliphatic heterocycles. The molecule has 0 saturated carbocycles. The van der Waals surface area contributed by atoms with Crippen LogP contribution in [0.3, 0.4) is 0 Å². The van der Waals surface area contributed by atoms with Crippen LogP contribution in [0.5, 0.6) is 0 Å². The van der Waals surface area contributed by atoms with Crippen LogP contribution < -0.4 is 5.32 Å². The first-order valence-electron chi connectivity index (χ1n) is 9.72. The van der Waals surface area contributed by atoms with Crippen molar-refractivity contribution in [3.8, 4) is 0 Å². The molecule has 7 heteroatoms. The standard InChI is InChI=1S/C20H28FN3O3/c1-2-27-11-5-9-22-20(26)24-14-17(21)12-18(24)19(25)23-10-8-15-6-3-4-7-16(15)13-23/h3-4,6-7,17-18H,2,5,8-14H2,1H3,(H,22,26)/t17-,18-/m0/s1. The number of amides is 3. The molecule has 1 saturated heterocycles. The monoisotopic (exact) mass is 377 g/mol. The third-order valence-electron chi connectivity index (χ3n) is 5.18. The minimum absolute atomic E-state index is 0.0296. The van der Waals surface area contributed by atoms with Gasteiger partial charge in [0.1, 0.15) is 12.2 Å². The molecule has 2 aliphatic rings. The Labute approximate surface area is 159 Å². The summed E-state index contributed by atoms with van der Waals surface area (Å²) in [4.78, 5) is 28.6. The van der Waals surface area contributed by atoms with Crippen molar-refractivity contribution in [1.29, 1.82) is 0 Å². The number of nitrogens with one attached hydrogen (secondary N) is 1. The summed E-state index contributed by atoms with van der Waals surface area (Å²) in [7, 11) is 0. The summed E-state index contributed by atoms with van der Waals surface area (Å²) in [6, 6.07) is 6.96. The molecule has 0 spiro atoms. The first-order valence-corrected chi connectivity index (χ1v) is 9.72. The Hall–Kier alpha value is -2.15. The second kappa shape index (κ2) is 9.17. The minimum Gasteiger partial charge on any atom is -0.382 e. The van der Waals surface area contributed by atoms with Crippen molar-refractivity contribution >= 4 is 11.9 Å². The highest BCUT2D eigenvalue weighted by molar-refractivity contribution is 5.88. The number of hydrogen-bond acceptors (Lipinski definition) is 3. The highest BCUT2D eigenvalue weighted by Gasteiger charge is 2.42. The smallest absolute Gasteiger partial charge is 0.318 e. The van der Waals surface area contributed by atoms with Crippen LogP contribution in [0.2, 0.25) is 0 Å². The lowest BCUT2D eigenvalue weighted by Gasteiger charge is -2.33. The Morgan fingerprint density at radius 3 is 2.85 bits per heavy atom. The van der Waals surface area contributed by atoms with E-state index >= 15 is 0 Å². The van der Waals surface area contributed by atoms with E-state index in [0.29, 0.717) is 39.3 Å².